The highest BCUT2D eigenvalue weighted by molar-refractivity contribution is 6.36. The summed E-state index contributed by atoms with van der Waals surface area (Å²) in [4.78, 5) is 25.5. The number of esters is 1. The first-order valence-corrected chi connectivity index (χ1v) is 8.26. The zero-order valence-corrected chi connectivity index (χ0v) is 15.6. The Morgan fingerprint density at radius 1 is 1.12 bits per heavy atom. The third-order valence-electron chi connectivity index (χ3n) is 3.56. The van der Waals surface area contributed by atoms with Crippen molar-refractivity contribution in [2.75, 3.05) is 20.8 Å². The van der Waals surface area contributed by atoms with Crippen LogP contribution in [-0.4, -0.2) is 37.5 Å². The molecule has 138 valence electrons. The molecule has 2 aromatic carbocycles. The first-order valence-electron chi connectivity index (χ1n) is 7.50. The molecule has 0 heterocycles. The van der Waals surface area contributed by atoms with Crippen LogP contribution in [0.25, 0.3) is 0 Å². The molecule has 0 unspecified atom stereocenters. The number of ether oxygens (including phenoxy) is 2. The number of likely N-dealkylation sites (N-methyl/N-ethyl adjacent to an activating group) is 1. The van der Waals surface area contributed by atoms with Crippen molar-refractivity contribution in [1.29, 1.82) is 0 Å². The number of halogens is 3. The molecule has 0 aliphatic heterocycles. The summed E-state index contributed by atoms with van der Waals surface area (Å²) in [6, 6.07) is 9.19. The van der Waals surface area contributed by atoms with Crippen LogP contribution in [0, 0.1) is 5.82 Å². The fourth-order valence-electron chi connectivity index (χ4n) is 2.09. The van der Waals surface area contributed by atoms with Gasteiger partial charge in [0.1, 0.15) is 11.6 Å². The SMILES string of the molecule is COc1ccc(CN(C)C(=O)COC(=O)c2cc(F)c(Cl)cc2Cl)cc1. The van der Waals surface area contributed by atoms with E-state index < -0.39 is 24.3 Å². The second-order valence-electron chi connectivity index (χ2n) is 5.42. The smallest absolute Gasteiger partial charge is 0.340 e. The lowest BCUT2D eigenvalue weighted by molar-refractivity contribution is -0.133. The molecule has 0 bridgehead atoms. The number of amides is 1. The molecule has 8 heteroatoms. The Morgan fingerprint density at radius 3 is 2.38 bits per heavy atom. The number of benzene rings is 2. The molecule has 26 heavy (non-hydrogen) atoms. The standard InChI is InChI=1S/C18H16Cl2FNO4/c1-22(9-11-3-5-12(25-2)6-4-11)17(23)10-26-18(24)13-7-16(21)15(20)8-14(13)19/h3-8H,9-10H2,1-2H3. The highest BCUT2D eigenvalue weighted by Crippen LogP contribution is 2.25. The largest absolute Gasteiger partial charge is 0.497 e. The maximum Gasteiger partial charge on any atom is 0.340 e. The van der Waals surface area contributed by atoms with Crippen molar-refractivity contribution in [1.82, 2.24) is 4.90 Å². The lowest BCUT2D eigenvalue weighted by Gasteiger charge is -2.17. The van der Waals surface area contributed by atoms with Crippen LogP contribution in [-0.2, 0) is 16.1 Å². The Bertz CT molecular complexity index is 812. The molecule has 0 aliphatic carbocycles. The number of carbonyl (C=O) groups is 2. The predicted octanol–water partition coefficient (Wildman–Crippen LogP) is 3.96. The topological polar surface area (TPSA) is 55.8 Å². The van der Waals surface area contributed by atoms with Gasteiger partial charge in [0.15, 0.2) is 6.61 Å². The molecular formula is C18H16Cl2FNO4. The molecule has 0 aromatic heterocycles. The van der Waals surface area contributed by atoms with Gasteiger partial charge in [-0.15, -0.1) is 0 Å². The summed E-state index contributed by atoms with van der Waals surface area (Å²) < 4.78 is 23.4. The van der Waals surface area contributed by atoms with Crippen molar-refractivity contribution in [3.63, 3.8) is 0 Å². The van der Waals surface area contributed by atoms with E-state index in [0.717, 1.165) is 17.7 Å². The fourth-order valence-corrected chi connectivity index (χ4v) is 2.55. The summed E-state index contributed by atoms with van der Waals surface area (Å²) in [7, 11) is 3.15. The Balaban J connectivity index is 1.92. The normalized spacial score (nSPS) is 10.3. The molecule has 0 saturated heterocycles. The van der Waals surface area contributed by atoms with E-state index in [4.69, 9.17) is 32.7 Å². The van der Waals surface area contributed by atoms with Crippen molar-refractivity contribution in [3.8, 4) is 5.75 Å². The summed E-state index contributed by atoms with van der Waals surface area (Å²) in [5.74, 6) is -1.41. The molecule has 0 atom stereocenters. The molecule has 0 saturated carbocycles. The average Bonchev–Trinajstić information content (AvgIpc) is 2.63. The number of carbonyl (C=O) groups excluding carboxylic acids is 2. The summed E-state index contributed by atoms with van der Waals surface area (Å²) >= 11 is 11.4. The van der Waals surface area contributed by atoms with Crippen LogP contribution in [0.4, 0.5) is 4.39 Å². The fraction of sp³-hybridized carbons (Fsp3) is 0.222. The van der Waals surface area contributed by atoms with Gasteiger partial charge in [0.25, 0.3) is 5.91 Å². The molecule has 2 aromatic rings. The average molecular weight is 400 g/mol. The molecule has 0 N–H and O–H groups in total. The number of hydrogen-bond donors (Lipinski definition) is 0. The highest BCUT2D eigenvalue weighted by atomic mass is 35.5. The third-order valence-corrected chi connectivity index (χ3v) is 4.16. The van der Waals surface area contributed by atoms with Gasteiger partial charge in [-0.3, -0.25) is 4.79 Å². The summed E-state index contributed by atoms with van der Waals surface area (Å²) in [6.07, 6.45) is 0. The number of nitrogens with zero attached hydrogens (tertiary/aromatic N) is 1. The number of rotatable bonds is 6. The minimum atomic E-state index is -0.906. The van der Waals surface area contributed by atoms with E-state index in [1.54, 1.807) is 26.3 Å². The van der Waals surface area contributed by atoms with Crippen LogP contribution in [0.5, 0.6) is 5.75 Å². The summed E-state index contributed by atoms with van der Waals surface area (Å²) in [5.41, 5.74) is 0.690. The zero-order chi connectivity index (χ0) is 19.3. The molecule has 0 radical (unpaired) electrons. The van der Waals surface area contributed by atoms with Gasteiger partial charge in [0, 0.05) is 13.6 Å². The summed E-state index contributed by atoms with van der Waals surface area (Å²) in [5, 5.41) is -0.262. The van der Waals surface area contributed by atoms with E-state index in [2.05, 4.69) is 0 Å². The van der Waals surface area contributed by atoms with Crippen LogP contribution in [0.3, 0.4) is 0 Å². The van der Waals surface area contributed by atoms with Gasteiger partial charge in [-0.2, -0.15) is 0 Å². The lowest BCUT2D eigenvalue weighted by atomic mass is 10.2. The van der Waals surface area contributed by atoms with Crippen LogP contribution in [0.2, 0.25) is 10.0 Å². The van der Waals surface area contributed by atoms with Crippen LogP contribution < -0.4 is 4.74 Å². The van der Waals surface area contributed by atoms with Crippen molar-refractivity contribution in [3.05, 3.63) is 63.4 Å². The maximum atomic E-state index is 13.5. The molecular weight excluding hydrogens is 384 g/mol. The molecule has 0 fully saturated rings. The first kappa shape index (κ1) is 20.0. The third kappa shape index (κ3) is 5.09. The number of methoxy groups -OCH3 is 1. The van der Waals surface area contributed by atoms with Crippen molar-refractivity contribution in [2.24, 2.45) is 0 Å². The van der Waals surface area contributed by atoms with Gasteiger partial charge in [-0.25, -0.2) is 9.18 Å². The zero-order valence-electron chi connectivity index (χ0n) is 14.1. The molecule has 0 spiro atoms. The van der Waals surface area contributed by atoms with Gasteiger partial charge in [-0.05, 0) is 29.8 Å². The Labute approximate surface area is 160 Å². The van der Waals surface area contributed by atoms with Crippen LogP contribution in [0.1, 0.15) is 15.9 Å². The molecule has 1 amide bonds. The second-order valence-corrected chi connectivity index (χ2v) is 6.23. The monoisotopic (exact) mass is 399 g/mol. The van der Waals surface area contributed by atoms with Crippen molar-refractivity contribution in [2.45, 2.75) is 6.54 Å². The molecule has 0 aliphatic rings. The van der Waals surface area contributed by atoms with E-state index in [9.17, 15) is 14.0 Å². The van der Waals surface area contributed by atoms with Gasteiger partial charge >= 0.3 is 5.97 Å². The van der Waals surface area contributed by atoms with Crippen LogP contribution in [0.15, 0.2) is 36.4 Å². The van der Waals surface area contributed by atoms with Crippen molar-refractivity contribution < 1.29 is 23.5 Å². The van der Waals surface area contributed by atoms with E-state index in [1.165, 1.54) is 4.90 Å². The van der Waals surface area contributed by atoms with E-state index in [-0.39, 0.29) is 15.6 Å². The minimum absolute atomic E-state index is 0.0552. The highest BCUT2D eigenvalue weighted by Gasteiger charge is 2.18. The molecule has 5 nitrogen and oxygen atoms in total. The minimum Gasteiger partial charge on any atom is -0.497 e. The Morgan fingerprint density at radius 2 is 1.77 bits per heavy atom. The van der Waals surface area contributed by atoms with E-state index in [1.807, 2.05) is 12.1 Å². The van der Waals surface area contributed by atoms with Gasteiger partial charge < -0.3 is 14.4 Å². The quantitative estimate of drug-likeness (QED) is 0.544. The van der Waals surface area contributed by atoms with Gasteiger partial charge in [-0.1, -0.05) is 35.3 Å². The van der Waals surface area contributed by atoms with Gasteiger partial charge in [0.05, 0.1) is 22.7 Å². The predicted molar refractivity (Wildman–Crippen MR) is 96.2 cm³/mol. The Kier molecular flexibility index (Phi) is 6.83. The lowest BCUT2D eigenvalue weighted by Crippen LogP contribution is -2.30. The van der Waals surface area contributed by atoms with Gasteiger partial charge in [0.2, 0.25) is 0 Å². The maximum absolute atomic E-state index is 13.5. The van der Waals surface area contributed by atoms with Crippen LogP contribution >= 0.6 is 23.2 Å². The number of hydrogen-bond acceptors (Lipinski definition) is 4. The second kappa shape index (κ2) is 8.87. The Hall–Kier alpha value is -2.31. The van der Waals surface area contributed by atoms with Crippen molar-refractivity contribution >= 4 is 35.1 Å². The first-order chi connectivity index (χ1) is 12.3. The van der Waals surface area contributed by atoms with E-state index >= 15 is 0 Å². The summed E-state index contributed by atoms with van der Waals surface area (Å²) in [6.45, 7) is -0.164. The van der Waals surface area contributed by atoms with E-state index in [0.29, 0.717) is 12.3 Å². The molecule has 2 rings (SSSR count).